The quantitative estimate of drug-likeness (QED) is 0.119. The zero-order valence-electron chi connectivity index (χ0n) is 32.8. The van der Waals surface area contributed by atoms with E-state index < -0.39 is 0 Å². The zero-order valence-corrected chi connectivity index (χ0v) is 32.8. The Kier molecular flexibility index (Phi) is 11.2. The van der Waals surface area contributed by atoms with Crippen LogP contribution >= 0.6 is 0 Å². The molecule has 7 aromatic carbocycles. The normalized spacial score (nSPS) is 11.9. The van der Waals surface area contributed by atoms with Crippen molar-refractivity contribution in [3.05, 3.63) is 193 Å². The minimum Gasteiger partial charge on any atom is -0.456 e. The van der Waals surface area contributed by atoms with Gasteiger partial charge in [-0.05, 0) is 95.6 Å². The number of nitrogens with two attached hydrogens (primary N) is 1. The van der Waals surface area contributed by atoms with E-state index in [1.807, 2.05) is 73.8 Å². The molecule has 0 spiro atoms. The highest BCUT2D eigenvalue weighted by molar-refractivity contribution is 6.16. The van der Waals surface area contributed by atoms with Crippen molar-refractivity contribution in [3.63, 3.8) is 0 Å². The number of rotatable bonds is 8. The maximum Gasteiger partial charge on any atom is 0.136 e. The van der Waals surface area contributed by atoms with Gasteiger partial charge in [0.25, 0.3) is 0 Å². The molecule has 0 amide bonds. The number of allylic oxidation sites excluding steroid dienone is 3. The van der Waals surface area contributed by atoms with Crippen LogP contribution in [0.5, 0.6) is 0 Å². The molecule has 0 saturated heterocycles. The molecule has 0 aliphatic heterocycles. The van der Waals surface area contributed by atoms with Gasteiger partial charge in [0, 0.05) is 50.6 Å². The zero-order chi connectivity index (χ0) is 40.7. The van der Waals surface area contributed by atoms with Crippen LogP contribution in [-0.4, -0.2) is 19.5 Å². The lowest BCUT2D eigenvalue weighted by Crippen LogP contribution is -1.99. The minimum atomic E-state index is 0.548. The first-order valence-corrected chi connectivity index (χ1v) is 19.5. The maximum atomic E-state index is 6.42. The van der Waals surface area contributed by atoms with E-state index in [0.717, 1.165) is 99.2 Å². The fraction of sp³-hybridized carbons (Fsp3) is 0.0566. The van der Waals surface area contributed by atoms with Crippen molar-refractivity contribution in [1.29, 1.82) is 5.41 Å². The van der Waals surface area contributed by atoms with Gasteiger partial charge in [0.1, 0.15) is 33.5 Å². The Morgan fingerprint density at radius 2 is 1.25 bits per heavy atom. The van der Waals surface area contributed by atoms with Crippen LogP contribution in [0.2, 0.25) is 0 Å². The van der Waals surface area contributed by atoms with Crippen molar-refractivity contribution in [2.45, 2.75) is 13.5 Å². The largest absolute Gasteiger partial charge is 0.456 e. The molecule has 6 heteroatoms. The average Bonchev–Trinajstić information content (AvgIpc) is 3.98. The van der Waals surface area contributed by atoms with Crippen molar-refractivity contribution < 1.29 is 13.3 Å². The second-order valence-electron chi connectivity index (χ2n) is 14.0. The van der Waals surface area contributed by atoms with Crippen molar-refractivity contribution >= 4 is 78.7 Å². The van der Waals surface area contributed by atoms with E-state index in [1.54, 1.807) is 6.08 Å². The van der Waals surface area contributed by atoms with E-state index >= 15 is 0 Å². The third-order valence-corrected chi connectivity index (χ3v) is 10.4. The van der Waals surface area contributed by atoms with E-state index in [-0.39, 0.29) is 0 Å². The molecule has 59 heavy (non-hydrogen) atoms. The number of aliphatic imine (C=N–C) groups is 1. The van der Waals surface area contributed by atoms with E-state index in [1.165, 1.54) is 5.56 Å². The van der Waals surface area contributed by atoms with Crippen molar-refractivity contribution in [3.8, 4) is 22.3 Å². The lowest BCUT2D eigenvalue weighted by Gasteiger charge is -2.05. The second-order valence-corrected chi connectivity index (χ2v) is 14.0. The van der Waals surface area contributed by atoms with Crippen LogP contribution in [0.3, 0.4) is 0 Å². The molecule has 3 aromatic heterocycles. The number of fused-ring (bicyclic) bond motifs is 9. The predicted octanol–water partition coefficient (Wildman–Crippen LogP) is 14.2. The number of hydrogen-bond acceptors (Lipinski definition) is 6. The lowest BCUT2D eigenvalue weighted by molar-refractivity contribution is 0.668. The van der Waals surface area contributed by atoms with Gasteiger partial charge in [-0.15, -0.1) is 0 Å². The van der Waals surface area contributed by atoms with Crippen LogP contribution in [0, 0.1) is 5.41 Å². The second kappa shape index (κ2) is 17.3. The highest BCUT2D eigenvalue weighted by atomic mass is 16.3. The highest BCUT2D eigenvalue weighted by Crippen LogP contribution is 2.40. The molecule has 0 saturated carbocycles. The van der Waals surface area contributed by atoms with Crippen LogP contribution in [0.4, 0.5) is 0 Å². The Hall–Kier alpha value is -7.54. The smallest absolute Gasteiger partial charge is 0.136 e. The number of hydrogen-bond donors (Lipinski definition) is 2. The summed E-state index contributed by atoms with van der Waals surface area (Å²) in [5.41, 5.74) is 18.3. The molecule has 0 aliphatic rings. The predicted molar refractivity (Wildman–Crippen MR) is 249 cm³/mol. The van der Waals surface area contributed by atoms with Gasteiger partial charge < -0.3 is 24.4 Å². The minimum absolute atomic E-state index is 0.548. The molecule has 10 aromatic rings. The number of para-hydroxylation sites is 1. The SMILES string of the molecule is C(=NCc1ccc2c(c1)oc1ccccc12)c1cccc2oc3ccc(-c4cccc5oc6cc(-c7ccccc7)ccc6c45)cc3c12.C=C/C(=C\C=C/C)CN.C=N. The summed E-state index contributed by atoms with van der Waals surface area (Å²) in [5.74, 6) is 0. The van der Waals surface area contributed by atoms with Gasteiger partial charge in [-0.1, -0.05) is 128 Å². The fourth-order valence-corrected chi connectivity index (χ4v) is 7.56. The van der Waals surface area contributed by atoms with E-state index in [4.69, 9.17) is 29.4 Å². The van der Waals surface area contributed by atoms with Crippen molar-refractivity contribution in [1.82, 2.24) is 0 Å². The van der Waals surface area contributed by atoms with E-state index in [2.05, 4.69) is 116 Å². The Morgan fingerprint density at radius 3 is 2.07 bits per heavy atom. The number of benzene rings is 7. The van der Waals surface area contributed by atoms with Gasteiger partial charge in [0.2, 0.25) is 0 Å². The summed E-state index contributed by atoms with van der Waals surface area (Å²) in [6.07, 6.45) is 9.58. The summed E-state index contributed by atoms with van der Waals surface area (Å²) in [6.45, 7) is 9.18. The summed E-state index contributed by atoms with van der Waals surface area (Å²) in [5, 5.41) is 12.1. The molecular formula is C53H43N3O3. The van der Waals surface area contributed by atoms with Crippen molar-refractivity contribution in [2.24, 2.45) is 10.7 Å². The average molecular weight is 770 g/mol. The Bertz CT molecular complexity index is 3200. The van der Waals surface area contributed by atoms with Crippen LogP contribution in [0.25, 0.3) is 88.1 Å². The molecule has 288 valence electrons. The Balaban J connectivity index is 0.000000393. The van der Waals surface area contributed by atoms with Crippen LogP contribution in [-0.2, 0) is 6.54 Å². The number of nitrogens with one attached hydrogen (secondary N) is 1. The summed E-state index contributed by atoms with van der Waals surface area (Å²) < 4.78 is 18.8. The monoisotopic (exact) mass is 769 g/mol. The number of furan rings is 3. The van der Waals surface area contributed by atoms with E-state index in [9.17, 15) is 0 Å². The van der Waals surface area contributed by atoms with Crippen LogP contribution in [0.15, 0.2) is 200 Å². The third-order valence-electron chi connectivity index (χ3n) is 10.4. The van der Waals surface area contributed by atoms with Gasteiger partial charge in [0.15, 0.2) is 0 Å². The summed E-state index contributed by atoms with van der Waals surface area (Å²) >= 11 is 0. The van der Waals surface area contributed by atoms with Gasteiger partial charge in [-0.25, -0.2) is 0 Å². The third kappa shape index (κ3) is 7.65. The molecule has 0 bridgehead atoms. The first-order chi connectivity index (χ1) is 29.1. The Morgan fingerprint density at radius 1 is 0.593 bits per heavy atom. The Labute approximate surface area is 342 Å². The van der Waals surface area contributed by atoms with Gasteiger partial charge in [0.05, 0.1) is 6.54 Å². The summed E-state index contributed by atoms with van der Waals surface area (Å²) in [4.78, 5) is 4.87. The van der Waals surface area contributed by atoms with Gasteiger partial charge >= 0.3 is 0 Å². The molecule has 0 fully saturated rings. The van der Waals surface area contributed by atoms with Crippen LogP contribution < -0.4 is 5.73 Å². The topological polar surface area (TPSA) is 102 Å². The van der Waals surface area contributed by atoms with Gasteiger partial charge in [-0.3, -0.25) is 4.99 Å². The lowest BCUT2D eigenvalue weighted by atomic mass is 9.96. The fourth-order valence-electron chi connectivity index (χ4n) is 7.56. The summed E-state index contributed by atoms with van der Waals surface area (Å²) in [7, 11) is 0. The molecule has 3 heterocycles. The van der Waals surface area contributed by atoms with Gasteiger partial charge in [-0.2, -0.15) is 0 Å². The van der Waals surface area contributed by atoms with Crippen molar-refractivity contribution in [2.75, 3.05) is 6.54 Å². The first-order valence-electron chi connectivity index (χ1n) is 19.5. The highest BCUT2D eigenvalue weighted by Gasteiger charge is 2.16. The standard InChI is InChI=1S/C44H27NO3.C8H13N.CH3N/c1-2-8-28(9-3-1)29-17-20-35-42(24-29)48-40-15-7-12-32(44(35)40)30-18-21-38-36(23-30)43-31(10-6-14-39(43)46-38)26-45-25-27-16-19-34-33-11-4-5-13-37(33)47-41(34)22-27;1-3-5-6-8(4-2)7-9;1-2/h1-24,26H,25H2;3-6H,2,7,9H2,1H3;2H,1H2/b;5-3-,8-6+;. The van der Waals surface area contributed by atoms with E-state index in [0.29, 0.717) is 13.1 Å². The molecule has 0 radical (unpaired) electrons. The number of nitrogens with zero attached hydrogens (tertiary/aromatic N) is 1. The van der Waals surface area contributed by atoms with Crippen LogP contribution in [0.1, 0.15) is 18.1 Å². The molecule has 0 unspecified atom stereocenters. The molecule has 0 aliphatic carbocycles. The molecule has 0 atom stereocenters. The summed E-state index contributed by atoms with van der Waals surface area (Å²) in [6, 6.07) is 50.3. The molecule has 3 N–H and O–H groups in total. The maximum absolute atomic E-state index is 6.42. The first kappa shape index (κ1) is 38.3. The molecule has 6 nitrogen and oxygen atoms in total. The molecular weight excluding hydrogens is 727 g/mol. The molecule has 10 rings (SSSR count).